The number of benzene rings is 2. The van der Waals surface area contributed by atoms with E-state index >= 15 is 0 Å². The second-order valence-electron chi connectivity index (χ2n) is 8.95. The first-order chi connectivity index (χ1) is 15.7. The fourth-order valence-corrected chi connectivity index (χ4v) is 4.45. The Kier molecular flexibility index (Phi) is 8.50. The lowest BCUT2D eigenvalue weighted by Gasteiger charge is -2.36. The van der Waals surface area contributed by atoms with Gasteiger partial charge in [0.1, 0.15) is 6.10 Å². The van der Waals surface area contributed by atoms with Gasteiger partial charge in [-0.05, 0) is 60.9 Å². The molecule has 2 aromatic carbocycles. The van der Waals surface area contributed by atoms with Gasteiger partial charge < -0.3 is 14.8 Å². The van der Waals surface area contributed by atoms with Gasteiger partial charge in [0.25, 0.3) is 5.91 Å². The minimum absolute atomic E-state index is 0.0722. The van der Waals surface area contributed by atoms with E-state index in [0.29, 0.717) is 28.5 Å². The van der Waals surface area contributed by atoms with Crippen LogP contribution in [0.3, 0.4) is 0 Å². The van der Waals surface area contributed by atoms with Crippen LogP contribution in [0.5, 0.6) is 0 Å². The number of amides is 1. The smallest absolute Gasteiger partial charge is 0.339 e. The monoisotopic (exact) mass is 471 g/mol. The van der Waals surface area contributed by atoms with Gasteiger partial charge in [-0.1, -0.05) is 57.0 Å². The van der Waals surface area contributed by atoms with Crippen molar-refractivity contribution in [1.29, 1.82) is 0 Å². The number of carbonyl (C=O) groups is 3. The number of rotatable bonds is 7. The first-order valence-electron chi connectivity index (χ1n) is 11.3. The molecule has 6 nitrogen and oxygen atoms in total. The lowest BCUT2D eigenvalue weighted by atomic mass is 9.75. The molecule has 1 N–H and O–H groups in total. The number of esters is 2. The van der Waals surface area contributed by atoms with E-state index in [0.717, 1.165) is 19.3 Å². The van der Waals surface area contributed by atoms with Gasteiger partial charge in [0.2, 0.25) is 0 Å². The van der Waals surface area contributed by atoms with E-state index in [4.69, 9.17) is 21.1 Å². The SMILES string of the molecule is CC(C)[C@H]1CC[C@@H](C)C[C@H]1OC(=O)c1ccccc1C(=O)OCC(=O)Nc1cccc(Cl)c1. The molecule has 0 spiro atoms. The highest BCUT2D eigenvalue weighted by atomic mass is 35.5. The summed E-state index contributed by atoms with van der Waals surface area (Å²) in [5.41, 5.74) is 0.704. The Morgan fingerprint density at radius 2 is 1.73 bits per heavy atom. The molecule has 7 heteroatoms. The molecule has 0 unspecified atom stereocenters. The zero-order valence-electron chi connectivity index (χ0n) is 19.2. The van der Waals surface area contributed by atoms with E-state index < -0.39 is 24.5 Å². The summed E-state index contributed by atoms with van der Waals surface area (Å²) in [6, 6.07) is 13.0. The largest absolute Gasteiger partial charge is 0.458 e. The van der Waals surface area contributed by atoms with E-state index in [1.54, 1.807) is 42.5 Å². The molecule has 1 aliphatic rings. The van der Waals surface area contributed by atoms with E-state index in [2.05, 4.69) is 26.1 Å². The summed E-state index contributed by atoms with van der Waals surface area (Å²) < 4.78 is 11.0. The van der Waals surface area contributed by atoms with Crippen LogP contribution in [0.2, 0.25) is 5.02 Å². The van der Waals surface area contributed by atoms with Gasteiger partial charge in [0.15, 0.2) is 6.61 Å². The number of ether oxygens (including phenoxy) is 2. The third-order valence-corrected chi connectivity index (χ3v) is 6.26. The molecule has 176 valence electrons. The Hall–Kier alpha value is -2.86. The summed E-state index contributed by atoms with van der Waals surface area (Å²) in [6.45, 7) is 5.95. The molecule has 1 saturated carbocycles. The molecule has 0 radical (unpaired) electrons. The minimum Gasteiger partial charge on any atom is -0.458 e. The van der Waals surface area contributed by atoms with Crippen molar-refractivity contribution >= 4 is 35.1 Å². The molecular formula is C26H30ClNO5. The fourth-order valence-electron chi connectivity index (χ4n) is 4.26. The number of nitrogens with one attached hydrogen (secondary N) is 1. The van der Waals surface area contributed by atoms with Gasteiger partial charge in [-0.25, -0.2) is 9.59 Å². The molecule has 0 saturated heterocycles. The summed E-state index contributed by atoms with van der Waals surface area (Å²) >= 11 is 5.91. The molecule has 3 rings (SSSR count). The van der Waals surface area contributed by atoms with Crippen LogP contribution < -0.4 is 5.32 Å². The molecule has 2 aromatic rings. The second kappa shape index (κ2) is 11.3. The van der Waals surface area contributed by atoms with Crippen molar-refractivity contribution < 1.29 is 23.9 Å². The van der Waals surface area contributed by atoms with Crippen LogP contribution in [-0.4, -0.2) is 30.6 Å². The van der Waals surface area contributed by atoms with Crippen molar-refractivity contribution in [2.75, 3.05) is 11.9 Å². The Balaban J connectivity index is 1.64. The highest BCUT2D eigenvalue weighted by Gasteiger charge is 2.34. The van der Waals surface area contributed by atoms with Crippen LogP contribution in [0.1, 0.15) is 60.7 Å². The number of anilines is 1. The Labute approximate surface area is 199 Å². The van der Waals surface area contributed by atoms with Gasteiger partial charge in [0, 0.05) is 10.7 Å². The summed E-state index contributed by atoms with van der Waals surface area (Å²) in [6.07, 6.45) is 2.76. The lowest BCUT2D eigenvalue weighted by molar-refractivity contribution is -0.119. The maximum atomic E-state index is 13.0. The molecule has 33 heavy (non-hydrogen) atoms. The van der Waals surface area contributed by atoms with Crippen molar-refractivity contribution in [2.45, 2.75) is 46.1 Å². The lowest BCUT2D eigenvalue weighted by Crippen LogP contribution is -2.36. The predicted molar refractivity (Wildman–Crippen MR) is 127 cm³/mol. The van der Waals surface area contributed by atoms with Gasteiger partial charge in [-0.3, -0.25) is 4.79 Å². The van der Waals surface area contributed by atoms with E-state index in [1.807, 2.05) is 0 Å². The minimum atomic E-state index is -0.763. The van der Waals surface area contributed by atoms with Crippen LogP contribution in [0, 0.1) is 17.8 Å². The molecule has 0 bridgehead atoms. The van der Waals surface area contributed by atoms with Gasteiger partial charge in [0.05, 0.1) is 11.1 Å². The Morgan fingerprint density at radius 3 is 2.39 bits per heavy atom. The van der Waals surface area contributed by atoms with Crippen LogP contribution in [-0.2, 0) is 14.3 Å². The normalized spacial score (nSPS) is 20.2. The number of hydrogen-bond acceptors (Lipinski definition) is 5. The van der Waals surface area contributed by atoms with Crippen LogP contribution in [0.15, 0.2) is 48.5 Å². The highest BCUT2D eigenvalue weighted by molar-refractivity contribution is 6.30. The summed E-state index contributed by atoms with van der Waals surface area (Å²) in [7, 11) is 0. The second-order valence-corrected chi connectivity index (χ2v) is 9.39. The predicted octanol–water partition coefficient (Wildman–Crippen LogP) is 5.75. The molecule has 0 aromatic heterocycles. The van der Waals surface area contributed by atoms with E-state index in [9.17, 15) is 14.4 Å². The zero-order valence-corrected chi connectivity index (χ0v) is 19.9. The van der Waals surface area contributed by atoms with Gasteiger partial charge in [-0.2, -0.15) is 0 Å². The van der Waals surface area contributed by atoms with Crippen LogP contribution >= 0.6 is 11.6 Å². The van der Waals surface area contributed by atoms with Crippen molar-refractivity contribution in [3.63, 3.8) is 0 Å². The number of hydrogen-bond donors (Lipinski definition) is 1. The molecule has 0 aliphatic heterocycles. The van der Waals surface area contributed by atoms with Gasteiger partial charge in [-0.15, -0.1) is 0 Å². The standard InChI is InChI=1S/C26H30ClNO5/c1-16(2)20-12-11-17(3)13-23(20)33-26(31)22-10-5-4-9-21(22)25(30)32-15-24(29)28-19-8-6-7-18(27)14-19/h4-10,14,16-17,20,23H,11-13,15H2,1-3H3,(H,28,29)/t17-,20-,23-/m1/s1. The van der Waals surface area contributed by atoms with Crippen molar-refractivity contribution in [2.24, 2.45) is 17.8 Å². The fraction of sp³-hybridized carbons (Fsp3) is 0.423. The summed E-state index contributed by atoms with van der Waals surface area (Å²) in [4.78, 5) is 37.8. The quantitative estimate of drug-likeness (QED) is 0.519. The molecular weight excluding hydrogens is 442 g/mol. The molecule has 1 fully saturated rings. The summed E-state index contributed by atoms with van der Waals surface area (Å²) in [5.74, 6) is -0.650. The van der Waals surface area contributed by atoms with Crippen molar-refractivity contribution in [3.05, 3.63) is 64.7 Å². The summed E-state index contributed by atoms with van der Waals surface area (Å²) in [5, 5.41) is 3.08. The topological polar surface area (TPSA) is 81.7 Å². The molecule has 0 heterocycles. The molecule has 1 aliphatic carbocycles. The van der Waals surface area contributed by atoms with E-state index in [-0.39, 0.29) is 17.2 Å². The van der Waals surface area contributed by atoms with Gasteiger partial charge >= 0.3 is 11.9 Å². The third kappa shape index (κ3) is 6.81. The van der Waals surface area contributed by atoms with E-state index in [1.165, 1.54) is 6.07 Å². The first-order valence-corrected chi connectivity index (χ1v) is 11.6. The first kappa shape index (κ1) is 24.8. The Bertz CT molecular complexity index is 1010. The highest BCUT2D eigenvalue weighted by Crippen LogP contribution is 2.35. The molecule has 3 atom stereocenters. The van der Waals surface area contributed by atoms with Crippen molar-refractivity contribution in [3.8, 4) is 0 Å². The van der Waals surface area contributed by atoms with Crippen LogP contribution in [0.4, 0.5) is 5.69 Å². The van der Waals surface area contributed by atoms with Crippen molar-refractivity contribution in [1.82, 2.24) is 0 Å². The maximum Gasteiger partial charge on any atom is 0.339 e. The molecule has 1 amide bonds. The third-order valence-electron chi connectivity index (χ3n) is 6.03. The zero-order chi connectivity index (χ0) is 24.0. The average molecular weight is 472 g/mol. The average Bonchev–Trinajstić information content (AvgIpc) is 2.77. The van der Waals surface area contributed by atoms with Crippen LogP contribution in [0.25, 0.3) is 0 Å². The Morgan fingerprint density at radius 1 is 1.03 bits per heavy atom. The number of halogens is 1. The number of carbonyl (C=O) groups excluding carboxylic acids is 3. The maximum absolute atomic E-state index is 13.0.